The molecular weight excluding hydrogens is 342 g/mol. The van der Waals surface area contributed by atoms with Crippen molar-refractivity contribution in [3.05, 3.63) is 47.4 Å². The number of benzene rings is 1. The molecule has 140 valence electrons. The van der Waals surface area contributed by atoms with Crippen LogP contribution in [0.15, 0.2) is 24.8 Å². The molecule has 0 atom stereocenters. The van der Waals surface area contributed by atoms with Gasteiger partial charge in [-0.2, -0.15) is 5.10 Å². The van der Waals surface area contributed by atoms with Crippen molar-refractivity contribution < 1.29 is 14.6 Å². The molecule has 0 bridgehead atoms. The van der Waals surface area contributed by atoms with E-state index in [1.54, 1.807) is 6.08 Å². The first-order valence-electron chi connectivity index (χ1n) is 9.16. The van der Waals surface area contributed by atoms with Crippen molar-refractivity contribution in [1.29, 1.82) is 0 Å². The predicted octanol–water partition coefficient (Wildman–Crippen LogP) is 4.00. The minimum Gasteiger partial charge on any atom is -0.477 e. The Morgan fingerprint density at radius 1 is 1.37 bits per heavy atom. The lowest BCUT2D eigenvalue weighted by molar-refractivity contribution is 0.0685. The molecule has 0 saturated heterocycles. The fraction of sp³-hybridized carbons (Fsp3) is 0.333. The summed E-state index contributed by atoms with van der Waals surface area (Å²) in [7, 11) is 1.92. The fourth-order valence-electron chi connectivity index (χ4n) is 4.07. The van der Waals surface area contributed by atoms with Gasteiger partial charge in [0.25, 0.3) is 0 Å². The first-order chi connectivity index (χ1) is 13.0. The molecule has 3 heterocycles. The maximum atomic E-state index is 12.1. The van der Waals surface area contributed by atoms with Crippen LogP contribution in [0.2, 0.25) is 0 Å². The third-order valence-corrected chi connectivity index (χ3v) is 5.36. The average molecular weight is 365 g/mol. The first kappa shape index (κ1) is 17.5. The van der Waals surface area contributed by atoms with Crippen LogP contribution in [-0.4, -0.2) is 32.0 Å². The minimum atomic E-state index is -0.929. The summed E-state index contributed by atoms with van der Waals surface area (Å²) in [4.78, 5) is 12.1. The molecule has 0 saturated carbocycles. The number of carbonyl (C=O) groups is 1. The molecule has 1 N–H and O–H groups in total. The molecule has 1 aliphatic rings. The second-order valence-electron chi connectivity index (χ2n) is 6.92. The molecule has 0 unspecified atom stereocenters. The van der Waals surface area contributed by atoms with Crippen LogP contribution in [0.5, 0.6) is 0 Å². The lowest BCUT2D eigenvalue weighted by atomic mass is 9.99. The second kappa shape index (κ2) is 6.70. The number of para-hydroxylation sites is 1. The number of nitrogens with zero attached hydrogens (tertiary/aromatic N) is 3. The molecule has 4 rings (SSSR count). The molecule has 27 heavy (non-hydrogen) atoms. The molecule has 1 aromatic carbocycles. The third kappa shape index (κ3) is 2.68. The van der Waals surface area contributed by atoms with E-state index in [0.29, 0.717) is 31.0 Å². The minimum absolute atomic E-state index is 0.302. The predicted molar refractivity (Wildman–Crippen MR) is 105 cm³/mol. The third-order valence-electron chi connectivity index (χ3n) is 5.36. The zero-order valence-electron chi connectivity index (χ0n) is 15.7. The van der Waals surface area contributed by atoms with Gasteiger partial charge in [-0.1, -0.05) is 30.9 Å². The van der Waals surface area contributed by atoms with Crippen molar-refractivity contribution in [2.75, 3.05) is 6.61 Å². The van der Waals surface area contributed by atoms with Gasteiger partial charge >= 0.3 is 5.97 Å². The smallest absolute Gasteiger partial charge is 0.353 e. The topological polar surface area (TPSA) is 69.3 Å². The summed E-state index contributed by atoms with van der Waals surface area (Å²) in [5.74, 6) is -0.929. The summed E-state index contributed by atoms with van der Waals surface area (Å²) in [5, 5.41) is 15.5. The van der Waals surface area contributed by atoms with Crippen molar-refractivity contribution >= 4 is 22.9 Å². The molecule has 0 fully saturated rings. The molecule has 0 radical (unpaired) electrons. The highest BCUT2D eigenvalue weighted by Crippen LogP contribution is 2.38. The van der Waals surface area contributed by atoms with Crippen LogP contribution in [0.3, 0.4) is 0 Å². The Kier molecular flexibility index (Phi) is 4.36. The zero-order chi connectivity index (χ0) is 19.1. The number of aromatic nitrogens is 3. The number of aromatic carboxylic acids is 1. The van der Waals surface area contributed by atoms with Gasteiger partial charge < -0.3 is 14.4 Å². The van der Waals surface area contributed by atoms with Gasteiger partial charge in [-0.05, 0) is 19.8 Å². The Bertz CT molecular complexity index is 1060. The standard InChI is InChI=1S/C21H23N3O3/c1-4-14-15-8-7-9-16-18-13(2)23(3)22-17(18)12-27-11-6-5-10-24(19(15)16)20(14)21(25)26/h4,7-9H,1,5-6,10-12H2,2-3H3,(H,25,26). The maximum Gasteiger partial charge on any atom is 0.353 e. The van der Waals surface area contributed by atoms with Crippen molar-refractivity contribution in [3.63, 3.8) is 0 Å². The number of rotatable bonds is 2. The van der Waals surface area contributed by atoms with Crippen LogP contribution in [0, 0.1) is 6.92 Å². The van der Waals surface area contributed by atoms with E-state index in [0.717, 1.165) is 46.3 Å². The number of hydrogen-bond donors (Lipinski definition) is 1. The Morgan fingerprint density at radius 3 is 2.93 bits per heavy atom. The largest absolute Gasteiger partial charge is 0.477 e. The Labute approximate surface area is 157 Å². The van der Waals surface area contributed by atoms with E-state index >= 15 is 0 Å². The van der Waals surface area contributed by atoms with Gasteiger partial charge in [0.2, 0.25) is 0 Å². The summed E-state index contributed by atoms with van der Waals surface area (Å²) in [6, 6.07) is 5.99. The Balaban J connectivity index is 2.15. The summed E-state index contributed by atoms with van der Waals surface area (Å²) < 4.78 is 9.63. The number of fused-ring (bicyclic) bond motifs is 2. The van der Waals surface area contributed by atoms with Gasteiger partial charge in [-0.3, -0.25) is 4.68 Å². The lowest BCUT2D eigenvalue weighted by Gasteiger charge is -2.11. The van der Waals surface area contributed by atoms with Crippen molar-refractivity contribution in [1.82, 2.24) is 14.3 Å². The molecule has 6 heteroatoms. The van der Waals surface area contributed by atoms with Crippen LogP contribution in [0.25, 0.3) is 28.1 Å². The molecular formula is C21H23N3O3. The number of ether oxygens (including phenoxy) is 1. The number of carboxylic acid groups (broad SMARTS) is 1. The molecule has 6 nitrogen and oxygen atoms in total. The number of aryl methyl sites for hydroxylation is 2. The van der Waals surface area contributed by atoms with Crippen molar-refractivity contribution in [2.45, 2.75) is 32.9 Å². The summed E-state index contributed by atoms with van der Waals surface area (Å²) in [5.41, 5.74) is 5.85. The molecule has 0 amide bonds. The van der Waals surface area contributed by atoms with Gasteiger partial charge in [0.05, 0.1) is 17.8 Å². The summed E-state index contributed by atoms with van der Waals surface area (Å²) in [6.45, 7) is 7.62. The quantitative estimate of drug-likeness (QED) is 0.745. The highest BCUT2D eigenvalue weighted by Gasteiger charge is 2.25. The van der Waals surface area contributed by atoms with Crippen LogP contribution in [-0.2, 0) is 24.9 Å². The van der Waals surface area contributed by atoms with Crippen LogP contribution in [0.4, 0.5) is 0 Å². The maximum absolute atomic E-state index is 12.1. The molecule has 3 aromatic rings. The normalized spacial score (nSPS) is 14.6. The molecule has 0 spiro atoms. The van der Waals surface area contributed by atoms with Gasteiger partial charge in [0.1, 0.15) is 5.69 Å². The molecule has 1 aliphatic heterocycles. The summed E-state index contributed by atoms with van der Waals surface area (Å²) in [6.07, 6.45) is 3.36. The summed E-state index contributed by atoms with van der Waals surface area (Å²) >= 11 is 0. The Morgan fingerprint density at radius 2 is 2.19 bits per heavy atom. The number of hydrogen-bond acceptors (Lipinski definition) is 3. The van der Waals surface area contributed by atoms with Gasteiger partial charge in [0.15, 0.2) is 0 Å². The van der Waals surface area contributed by atoms with E-state index in [1.807, 2.05) is 41.4 Å². The fourth-order valence-corrected chi connectivity index (χ4v) is 4.07. The average Bonchev–Trinajstić information content (AvgIpc) is 3.11. The van der Waals surface area contributed by atoms with Crippen LogP contribution < -0.4 is 0 Å². The number of carboxylic acids is 1. The van der Waals surface area contributed by atoms with Crippen LogP contribution in [0.1, 0.15) is 40.3 Å². The van der Waals surface area contributed by atoms with E-state index in [2.05, 4.69) is 11.7 Å². The van der Waals surface area contributed by atoms with E-state index in [4.69, 9.17) is 4.74 Å². The van der Waals surface area contributed by atoms with Crippen LogP contribution >= 0.6 is 0 Å². The van der Waals surface area contributed by atoms with Gasteiger partial charge in [0, 0.05) is 48.0 Å². The highest BCUT2D eigenvalue weighted by atomic mass is 16.5. The SMILES string of the molecule is C=Cc1c(C(=O)O)n2c3c(cccc13)-c1c(nn(C)c1C)COCCCC2. The van der Waals surface area contributed by atoms with E-state index in [9.17, 15) is 9.90 Å². The van der Waals surface area contributed by atoms with Gasteiger partial charge in [-0.25, -0.2) is 4.79 Å². The Hall–Kier alpha value is -2.86. The van der Waals surface area contributed by atoms with E-state index in [1.165, 1.54) is 0 Å². The van der Waals surface area contributed by atoms with Crippen molar-refractivity contribution in [2.24, 2.45) is 7.05 Å². The first-order valence-corrected chi connectivity index (χ1v) is 9.16. The van der Waals surface area contributed by atoms with E-state index in [-0.39, 0.29) is 0 Å². The molecule has 2 aromatic heterocycles. The second-order valence-corrected chi connectivity index (χ2v) is 6.92. The highest BCUT2D eigenvalue weighted by molar-refractivity contribution is 6.07. The monoisotopic (exact) mass is 365 g/mol. The van der Waals surface area contributed by atoms with Crippen molar-refractivity contribution in [3.8, 4) is 11.1 Å². The lowest BCUT2D eigenvalue weighted by Crippen LogP contribution is -2.10. The zero-order valence-corrected chi connectivity index (χ0v) is 15.7. The van der Waals surface area contributed by atoms with Gasteiger partial charge in [-0.15, -0.1) is 0 Å². The molecule has 0 aliphatic carbocycles. The van der Waals surface area contributed by atoms with E-state index < -0.39 is 5.97 Å².